The van der Waals surface area contributed by atoms with E-state index in [0.29, 0.717) is 0 Å². The molecule has 4 aliphatic rings. The lowest BCUT2D eigenvalue weighted by Gasteiger charge is -2.50. The van der Waals surface area contributed by atoms with Gasteiger partial charge in [-0.1, -0.05) is 128 Å². The van der Waals surface area contributed by atoms with E-state index in [0.717, 1.165) is 0 Å². The number of nitrogens with zero attached hydrogens (tertiary/aromatic N) is 3. The molecule has 1 aromatic heterocycles. The van der Waals surface area contributed by atoms with Crippen molar-refractivity contribution in [2.24, 2.45) is 0 Å². The molecule has 0 saturated heterocycles. The van der Waals surface area contributed by atoms with Gasteiger partial charge in [-0.2, -0.15) is 0 Å². The highest BCUT2D eigenvalue weighted by Gasteiger charge is 2.57. The van der Waals surface area contributed by atoms with Crippen molar-refractivity contribution in [1.29, 1.82) is 0 Å². The fourth-order valence-corrected chi connectivity index (χ4v) is 13.4. The Kier molecular flexibility index (Phi) is 8.47. The van der Waals surface area contributed by atoms with Crippen molar-refractivity contribution in [3.05, 3.63) is 162 Å². The first-order chi connectivity index (χ1) is 30.6. The molecule has 2 atom stereocenters. The maximum absolute atomic E-state index is 2.75. The first-order valence-electron chi connectivity index (χ1n) is 23.6. The molecule has 7 aromatic carbocycles. The number of hydrogen-bond donors (Lipinski definition) is 0. The molecule has 5 heteroatoms. The molecule has 8 aromatic rings. The average Bonchev–Trinajstić information content (AvgIpc) is 3.74. The molecule has 0 radical (unpaired) electrons. The Morgan fingerprint density at radius 1 is 0.516 bits per heavy atom. The van der Waals surface area contributed by atoms with Crippen molar-refractivity contribution < 1.29 is 0 Å². The number of hydrogen-bond acceptors (Lipinski definition) is 4. The summed E-state index contributed by atoms with van der Waals surface area (Å²) in [6.07, 6.45) is 4.91. The summed E-state index contributed by atoms with van der Waals surface area (Å²) in [5, 5.41) is 2.64. The van der Waals surface area contributed by atoms with Crippen LogP contribution in [0.3, 0.4) is 0 Å². The van der Waals surface area contributed by atoms with Crippen LogP contribution in [0, 0.1) is 6.92 Å². The molecule has 0 N–H and O–H groups in total. The van der Waals surface area contributed by atoms with Crippen molar-refractivity contribution in [3.63, 3.8) is 0 Å². The van der Waals surface area contributed by atoms with Crippen LogP contribution in [-0.2, 0) is 16.2 Å². The second kappa shape index (κ2) is 13.6. The van der Waals surface area contributed by atoms with Crippen LogP contribution in [0.25, 0.3) is 20.2 Å². The Balaban J connectivity index is 1.15. The van der Waals surface area contributed by atoms with Crippen molar-refractivity contribution in [1.82, 2.24) is 0 Å². The van der Waals surface area contributed by atoms with Crippen LogP contribution in [0.15, 0.2) is 140 Å². The third-order valence-corrected chi connectivity index (χ3v) is 17.1. The smallest absolute Gasteiger partial charge is 0.252 e. The lowest BCUT2D eigenvalue weighted by atomic mass is 9.33. The van der Waals surface area contributed by atoms with Gasteiger partial charge >= 0.3 is 0 Å². The fourth-order valence-electron chi connectivity index (χ4n) is 12.3. The van der Waals surface area contributed by atoms with E-state index < -0.39 is 0 Å². The summed E-state index contributed by atoms with van der Waals surface area (Å²) >= 11 is 1.89. The number of aryl methyl sites for hydroxylation is 1. The summed E-state index contributed by atoms with van der Waals surface area (Å²) in [4.78, 5) is 7.95. The Bertz CT molecular complexity index is 3220. The standard InChI is InChI=1S/C59H58BN3S/c1-37-32-51-55-52(33-37)62(41-26-29-54-44(35-41)43-16-10-13-19-53(43)64-54)50-36-42(63-48-18-12-11-17-45(48)58(8)30-14-15-31-59(58,63)9)25-27-46(50)60(55)47-34-39(57(5,6)7)22-28-49(47)61(51)40-23-20-38(21-24-40)56(2,3)4/h10-13,16-29,32-36H,14-15,30-31H2,1-9H3. The predicted octanol–water partition coefficient (Wildman–Crippen LogP) is 14.8. The molecule has 0 amide bonds. The topological polar surface area (TPSA) is 9.72 Å². The van der Waals surface area contributed by atoms with Gasteiger partial charge in [-0.05, 0) is 149 Å². The average molecular weight is 852 g/mol. The first kappa shape index (κ1) is 39.8. The van der Waals surface area contributed by atoms with Crippen molar-refractivity contribution in [2.45, 2.75) is 110 Å². The van der Waals surface area contributed by atoms with Crippen LogP contribution in [0.4, 0.5) is 45.5 Å². The number of benzene rings is 7. The van der Waals surface area contributed by atoms with E-state index in [-0.39, 0.29) is 28.5 Å². The highest BCUT2D eigenvalue weighted by Crippen LogP contribution is 2.61. The first-order valence-corrected chi connectivity index (χ1v) is 24.4. The number of para-hydroxylation sites is 1. The molecule has 1 aliphatic carbocycles. The molecule has 0 bridgehead atoms. The van der Waals surface area contributed by atoms with Gasteiger partial charge in [0.25, 0.3) is 6.71 Å². The highest BCUT2D eigenvalue weighted by molar-refractivity contribution is 7.25. The molecule has 0 spiro atoms. The van der Waals surface area contributed by atoms with Crippen LogP contribution in [0.1, 0.15) is 103 Å². The van der Waals surface area contributed by atoms with Crippen LogP contribution < -0.4 is 31.1 Å². The van der Waals surface area contributed by atoms with E-state index >= 15 is 0 Å². The molecule has 318 valence electrons. The lowest BCUT2D eigenvalue weighted by Crippen LogP contribution is -2.61. The minimum absolute atomic E-state index is 0.0120. The molecule has 64 heavy (non-hydrogen) atoms. The van der Waals surface area contributed by atoms with Crippen molar-refractivity contribution >= 4 is 100 Å². The normalized spacial score (nSPS) is 20.0. The van der Waals surface area contributed by atoms with E-state index in [2.05, 4.69) is 217 Å². The van der Waals surface area contributed by atoms with E-state index in [4.69, 9.17) is 0 Å². The fraction of sp³-hybridized carbons (Fsp3) is 0.288. The molecule has 1 fully saturated rings. The molecule has 12 rings (SSSR count). The summed E-state index contributed by atoms with van der Waals surface area (Å²) in [6.45, 7) is 21.4. The van der Waals surface area contributed by atoms with E-state index in [1.54, 1.807) is 0 Å². The molecular weight excluding hydrogens is 794 g/mol. The minimum atomic E-state index is -0.0407. The summed E-state index contributed by atoms with van der Waals surface area (Å²) in [7, 11) is 0. The zero-order valence-electron chi connectivity index (χ0n) is 38.9. The Labute approximate surface area is 384 Å². The molecule has 4 heterocycles. The monoisotopic (exact) mass is 851 g/mol. The third kappa shape index (κ3) is 5.58. The molecule has 3 aliphatic heterocycles. The van der Waals surface area contributed by atoms with E-state index in [9.17, 15) is 0 Å². The Morgan fingerprint density at radius 3 is 1.92 bits per heavy atom. The van der Waals surface area contributed by atoms with Crippen LogP contribution >= 0.6 is 11.3 Å². The van der Waals surface area contributed by atoms with Gasteiger partial charge in [-0.15, -0.1) is 11.3 Å². The third-order valence-electron chi connectivity index (χ3n) is 15.9. The lowest BCUT2D eigenvalue weighted by molar-refractivity contribution is 0.195. The van der Waals surface area contributed by atoms with Gasteiger partial charge in [0, 0.05) is 71.1 Å². The minimum Gasteiger partial charge on any atom is -0.334 e. The van der Waals surface area contributed by atoms with Crippen molar-refractivity contribution in [2.75, 3.05) is 14.7 Å². The molecule has 2 unspecified atom stereocenters. The summed E-state index contributed by atoms with van der Waals surface area (Å²) < 4.78 is 2.66. The quantitative estimate of drug-likeness (QED) is 0.164. The van der Waals surface area contributed by atoms with Crippen molar-refractivity contribution in [3.8, 4) is 0 Å². The van der Waals surface area contributed by atoms with Gasteiger partial charge in [0.2, 0.25) is 0 Å². The van der Waals surface area contributed by atoms with Crippen LogP contribution in [-0.4, -0.2) is 12.3 Å². The van der Waals surface area contributed by atoms with Gasteiger partial charge in [0.15, 0.2) is 0 Å². The molecular formula is C59H58BN3S. The zero-order chi connectivity index (χ0) is 44.1. The highest BCUT2D eigenvalue weighted by atomic mass is 32.1. The predicted molar refractivity (Wildman–Crippen MR) is 278 cm³/mol. The second-order valence-electron chi connectivity index (χ2n) is 21.8. The van der Waals surface area contributed by atoms with Crippen LogP contribution in [0.5, 0.6) is 0 Å². The SMILES string of the molecule is Cc1cc2c3c(c1)N(c1ccc4sc5ccccc5c4c1)c1cc(N4c5ccccc5C5(C)CCCCC45C)ccc1B3c1cc(C(C)(C)C)ccc1N2c1ccc(C(C)(C)C)cc1. The molecule has 1 saturated carbocycles. The van der Waals surface area contributed by atoms with Gasteiger partial charge in [0.1, 0.15) is 0 Å². The second-order valence-corrected chi connectivity index (χ2v) is 22.9. The van der Waals surface area contributed by atoms with E-state index in [1.165, 1.54) is 130 Å². The number of thiophene rings is 1. The van der Waals surface area contributed by atoms with Crippen LogP contribution in [0.2, 0.25) is 0 Å². The summed E-state index contributed by atoms with van der Waals surface area (Å²) in [5.74, 6) is 0. The van der Waals surface area contributed by atoms with Gasteiger partial charge in [-0.25, -0.2) is 0 Å². The molecule has 3 nitrogen and oxygen atoms in total. The zero-order valence-corrected chi connectivity index (χ0v) is 39.8. The maximum Gasteiger partial charge on any atom is 0.252 e. The number of anilines is 8. The largest absolute Gasteiger partial charge is 0.334 e. The Hall–Kier alpha value is -5.78. The Morgan fingerprint density at radius 2 is 1.16 bits per heavy atom. The van der Waals surface area contributed by atoms with Gasteiger partial charge < -0.3 is 14.7 Å². The summed E-state index contributed by atoms with van der Waals surface area (Å²) in [5.41, 5.74) is 19.7. The number of rotatable bonds is 3. The summed E-state index contributed by atoms with van der Waals surface area (Å²) in [6, 6.07) is 54.6. The number of fused-ring (bicyclic) bond motifs is 10. The van der Waals surface area contributed by atoms with E-state index in [1.807, 2.05) is 11.3 Å². The maximum atomic E-state index is 2.75. The van der Waals surface area contributed by atoms with Gasteiger partial charge in [0.05, 0.1) is 5.54 Å². The van der Waals surface area contributed by atoms with Gasteiger partial charge in [-0.3, -0.25) is 0 Å².